The molecular weight excluding hydrogens is 432 g/mol. The highest BCUT2D eigenvalue weighted by atomic mass is 33.1. The van der Waals surface area contributed by atoms with E-state index < -0.39 is 48.4 Å². The van der Waals surface area contributed by atoms with Crippen LogP contribution < -0.4 is 0 Å². The van der Waals surface area contributed by atoms with Crippen LogP contribution in [0.15, 0.2) is 48.6 Å². The van der Waals surface area contributed by atoms with Gasteiger partial charge in [0.2, 0.25) is 0 Å². The lowest BCUT2D eigenvalue weighted by Crippen LogP contribution is -2.38. The molecule has 0 aromatic heterocycles. The Hall–Kier alpha value is -0.900. The molecule has 10 heteroatoms. The fourth-order valence-corrected chi connectivity index (χ4v) is 5.74. The first-order chi connectivity index (χ1) is 12.8. The van der Waals surface area contributed by atoms with Crippen molar-refractivity contribution in [2.45, 2.75) is 36.5 Å². The summed E-state index contributed by atoms with van der Waals surface area (Å²) in [5, 5.41) is 0. The first-order valence-electron chi connectivity index (χ1n) is 8.31. The molecular formula is C18H18F8S2. The van der Waals surface area contributed by atoms with Crippen LogP contribution in [0.4, 0.5) is 35.1 Å². The van der Waals surface area contributed by atoms with Crippen LogP contribution in [-0.4, -0.2) is 35.2 Å². The second-order valence-electron chi connectivity index (χ2n) is 6.71. The van der Waals surface area contributed by atoms with E-state index in [1.54, 1.807) is 0 Å². The highest BCUT2D eigenvalue weighted by molar-refractivity contribution is 8.76. The molecule has 4 atom stereocenters. The van der Waals surface area contributed by atoms with Gasteiger partial charge in [0.05, 0.1) is 12.8 Å². The predicted octanol–water partition coefficient (Wildman–Crippen LogP) is 7.17. The summed E-state index contributed by atoms with van der Waals surface area (Å²) in [5.41, 5.74) is -5.15. The zero-order chi connectivity index (χ0) is 21.1. The Kier molecular flexibility index (Phi) is 7.39. The fraction of sp³-hybridized carbons (Fsp3) is 0.556. The summed E-state index contributed by atoms with van der Waals surface area (Å²) < 4.78 is 105. The van der Waals surface area contributed by atoms with E-state index in [0.29, 0.717) is 0 Å². The molecule has 0 nitrogen and oxygen atoms in total. The smallest absolute Gasteiger partial charge is 0.238 e. The van der Waals surface area contributed by atoms with Gasteiger partial charge in [0.1, 0.15) is 11.3 Å². The monoisotopic (exact) mass is 450 g/mol. The van der Waals surface area contributed by atoms with Crippen LogP contribution in [0.3, 0.4) is 0 Å². The minimum Gasteiger partial charge on any atom is -0.238 e. The Bertz CT molecular complexity index is 593. The first-order valence-corrected chi connectivity index (χ1v) is 10.8. The Morgan fingerprint density at radius 3 is 1.32 bits per heavy atom. The van der Waals surface area contributed by atoms with Gasteiger partial charge in [0, 0.05) is 23.3 Å². The number of hydrogen-bond acceptors (Lipinski definition) is 2. The quantitative estimate of drug-likeness (QED) is 0.229. The van der Waals surface area contributed by atoms with Crippen molar-refractivity contribution in [1.82, 2.24) is 0 Å². The van der Waals surface area contributed by atoms with Gasteiger partial charge in [-0.25, -0.2) is 8.78 Å². The number of rotatable bonds is 7. The van der Waals surface area contributed by atoms with Crippen LogP contribution in [0.5, 0.6) is 0 Å². The number of alkyl halides is 8. The molecule has 28 heavy (non-hydrogen) atoms. The van der Waals surface area contributed by atoms with Crippen molar-refractivity contribution in [2.24, 2.45) is 11.8 Å². The van der Waals surface area contributed by atoms with Crippen LogP contribution in [0.25, 0.3) is 0 Å². The maximum absolute atomic E-state index is 14.7. The molecule has 0 amide bonds. The van der Waals surface area contributed by atoms with E-state index in [1.165, 1.54) is 36.5 Å². The van der Waals surface area contributed by atoms with Crippen LogP contribution in [0, 0.1) is 11.8 Å². The highest BCUT2D eigenvalue weighted by Gasteiger charge is 2.47. The van der Waals surface area contributed by atoms with Gasteiger partial charge >= 0.3 is 12.4 Å². The fourth-order valence-electron chi connectivity index (χ4n) is 3.02. The Balaban J connectivity index is 1.90. The van der Waals surface area contributed by atoms with E-state index in [2.05, 4.69) is 0 Å². The normalized spacial score (nSPS) is 32.9. The van der Waals surface area contributed by atoms with Crippen LogP contribution >= 0.6 is 21.6 Å². The number of halogens is 8. The second kappa shape index (κ2) is 8.85. The molecule has 0 spiro atoms. The summed E-state index contributed by atoms with van der Waals surface area (Å²) >= 11 is 0. The molecule has 2 aliphatic rings. The van der Waals surface area contributed by atoms with Crippen molar-refractivity contribution in [3.05, 3.63) is 48.6 Å². The number of hydrogen-bond donors (Lipinski definition) is 0. The molecule has 158 valence electrons. The van der Waals surface area contributed by atoms with E-state index in [1.807, 2.05) is 0 Å². The van der Waals surface area contributed by atoms with E-state index >= 15 is 0 Å². The first kappa shape index (κ1) is 23.4. The van der Waals surface area contributed by atoms with Gasteiger partial charge in [-0.1, -0.05) is 58.0 Å². The lowest BCUT2D eigenvalue weighted by Gasteiger charge is -2.33. The Labute approximate surface area is 165 Å². The Morgan fingerprint density at radius 1 is 0.643 bits per heavy atom. The predicted molar refractivity (Wildman–Crippen MR) is 97.5 cm³/mol. The van der Waals surface area contributed by atoms with Gasteiger partial charge in [0.25, 0.3) is 0 Å². The van der Waals surface area contributed by atoms with Crippen molar-refractivity contribution >= 4 is 21.6 Å². The lowest BCUT2D eigenvalue weighted by atomic mass is 9.84. The topological polar surface area (TPSA) is 0 Å². The summed E-state index contributed by atoms with van der Waals surface area (Å²) in [6, 6.07) is 0. The zero-order valence-electron chi connectivity index (χ0n) is 14.4. The van der Waals surface area contributed by atoms with Gasteiger partial charge in [0.15, 0.2) is 0 Å². The summed E-state index contributed by atoms with van der Waals surface area (Å²) in [6.07, 6.45) is -2.82. The third kappa shape index (κ3) is 6.86. The third-order valence-electron chi connectivity index (χ3n) is 4.41. The highest BCUT2D eigenvalue weighted by Crippen LogP contribution is 2.44. The molecule has 0 saturated heterocycles. The average Bonchev–Trinajstić information content (AvgIpc) is 2.50. The van der Waals surface area contributed by atoms with Crippen molar-refractivity contribution in [3.8, 4) is 0 Å². The van der Waals surface area contributed by atoms with Gasteiger partial charge in [-0.05, 0) is 12.2 Å². The molecule has 0 aliphatic heterocycles. The maximum Gasteiger partial charge on any atom is 0.392 e. The minimum atomic E-state index is -4.68. The molecule has 0 aromatic carbocycles. The standard InChI is InChI=1S/C18H18F8S2/c19-15(11-17(21,22)23)7-3-1-5-13(15)9-27-28-10-14-6-2-4-8-16(14,20)12-18(24,25)26/h1-8,13-14H,9-12H2. The molecule has 0 heterocycles. The molecule has 0 radical (unpaired) electrons. The van der Waals surface area contributed by atoms with Crippen molar-refractivity contribution in [1.29, 1.82) is 0 Å². The van der Waals surface area contributed by atoms with E-state index in [-0.39, 0.29) is 11.5 Å². The van der Waals surface area contributed by atoms with Crippen LogP contribution in [-0.2, 0) is 0 Å². The van der Waals surface area contributed by atoms with Crippen molar-refractivity contribution in [2.75, 3.05) is 11.5 Å². The molecule has 0 saturated carbocycles. The van der Waals surface area contributed by atoms with Gasteiger partial charge in [-0.15, -0.1) is 0 Å². The summed E-state index contributed by atoms with van der Waals surface area (Å²) in [4.78, 5) is 0. The van der Waals surface area contributed by atoms with Gasteiger partial charge in [-0.2, -0.15) is 26.3 Å². The third-order valence-corrected chi connectivity index (χ3v) is 6.88. The molecule has 2 aliphatic carbocycles. The lowest BCUT2D eigenvalue weighted by molar-refractivity contribution is -0.160. The van der Waals surface area contributed by atoms with Gasteiger partial charge in [-0.3, -0.25) is 0 Å². The summed E-state index contributed by atoms with van der Waals surface area (Å²) in [5.74, 6) is -2.13. The van der Waals surface area contributed by atoms with Crippen LogP contribution in [0.1, 0.15) is 12.8 Å². The minimum absolute atomic E-state index is 0.0249. The van der Waals surface area contributed by atoms with Crippen molar-refractivity contribution < 1.29 is 35.1 Å². The van der Waals surface area contributed by atoms with Crippen molar-refractivity contribution in [3.63, 3.8) is 0 Å². The molecule has 4 unspecified atom stereocenters. The summed E-state index contributed by atoms with van der Waals surface area (Å²) in [6.45, 7) is 0. The van der Waals surface area contributed by atoms with E-state index in [0.717, 1.165) is 33.7 Å². The Morgan fingerprint density at radius 2 is 1.00 bits per heavy atom. The molecule has 0 N–H and O–H groups in total. The molecule has 0 aromatic rings. The SMILES string of the molecule is FC(F)(F)CC1(F)C=CC=CC1CSSCC1C=CC=CC1(F)CC(F)(F)F. The average molecular weight is 450 g/mol. The zero-order valence-corrected chi connectivity index (χ0v) is 16.1. The van der Waals surface area contributed by atoms with Crippen LogP contribution in [0.2, 0.25) is 0 Å². The molecule has 0 bridgehead atoms. The van der Waals surface area contributed by atoms with E-state index in [4.69, 9.17) is 0 Å². The summed E-state index contributed by atoms with van der Waals surface area (Å²) in [7, 11) is 2.04. The largest absolute Gasteiger partial charge is 0.392 e. The van der Waals surface area contributed by atoms with E-state index in [9.17, 15) is 35.1 Å². The maximum atomic E-state index is 14.7. The number of allylic oxidation sites excluding steroid dienone is 8. The second-order valence-corrected chi connectivity index (χ2v) is 9.26. The molecule has 0 fully saturated rings. The van der Waals surface area contributed by atoms with Gasteiger partial charge < -0.3 is 0 Å². The molecule has 2 rings (SSSR count).